The van der Waals surface area contributed by atoms with Gasteiger partial charge in [-0.05, 0) is 12.2 Å². The van der Waals surface area contributed by atoms with E-state index in [9.17, 15) is 0 Å². The van der Waals surface area contributed by atoms with Crippen LogP contribution in [-0.4, -0.2) is 7.28 Å². The van der Waals surface area contributed by atoms with Crippen LogP contribution in [0.15, 0.2) is 12.2 Å². The lowest BCUT2D eigenvalue weighted by Crippen LogP contribution is -1.81. The van der Waals surface area contributed by atoms with Gasteiger partial charge in [0.1, 0.15) is 7.28 Å². The monoisotopic (exact) mass is 93.1 g/mol. The smallest absolute Gasteiger partial charge is 0.100 e. The molecular formula is C6H10B. The molecule has 1 heteroatoms. The summed E-state index contributed by atoms with van der Waals surface area (Å²) in [5.41, 5.74) is 1.42. The van der Waals surface area contributed by atoms with Crippen LogP contribution in [0.5, 0.6) is 0 Å². The average Bonchev–Trinajstić information content (AvgIpc) is 2.22. The van der Waals surface area contributed by atoms with Crippen LogP contribution in [0.2, 0.25) is 12.1 Å². The van der Waals surface area contributed by atoms with Crippen LogP contribution in [0, 0.1) is 0 Å². The van der Waals surface area contributed by atoms with Gasteiger partial charge in [-0.15, -0.1) is 6.58 Å². The summed E-state index contributed by atoms with van der Waals surface area (Å²) in [6.07, 6.45) is 2.46. The van der Waals surface area contributed by atoms with Gasteiger partial charge in [-0.1, -0.05) is 18.8 Å². The molecule has 0 aromatic rings. The quantitative estimate of drug-likeness (QED) is 0.361. The van der Waals surface area contributed by atoms with Crippen molar-refractivity contribution in [2.24, 2.45) is 0 Å². The van der Waals surface area contributed by atoms with E-state index in [1.165, 1.54) is 18.3 Å². The molecule has 1 aliphatic carbocycles. The lowest BCUT2D eigenvalue weighted by atomic mass is 9.69. The molecule has 1 radical (unpaired) electrons. The summed E-state index contributed by atoms with van der Waals surface area (Å²) in [5, 5.41) is 0. The second-order valence-corrected chi connectivity index (χ2v) is 2.11. The van der Waals surface area contributed by atoms with Crippen molar-refractivity contribution >= 4 is 7.28 Å². The molecule has 0 bridgehead atoms. The molecule has 37 valence electrons. The summed E-state index contributed by atoms with van der Waals surface area (Å²) < 4.78 is 0. The Bertz CT molecular complexity index is 86.2. The Morgan fingerprint density at radius 1 is 2.00 bits per heavy atom. The van der Waals surface area contributed by atoms with Gasteiger partial charge in [0, 0.05) is 0 Å². The highest BCUT2D eigenvalue weighted by Crippen LogP contribution is 2.41. The standard InChI is InChI=1S/C6H10B/c1-3-7-6-4-5(6)2/h6H,2-4H2,1H3. The molecule has 0 spiro atoms. The minimum absolute atomic E-state index is 0.796. The summed E-state index contributed by atoms with van der Waals surface area (Å²) >= 11 is 0. The van der Waals surface area contributed by atoms with Crippen molar-refractivity contribution in [3.63, 3.8) is 0 Å². The zero-order valence-corrected chi connectivity index (χ0v) is 4.78. The van der Waals surface area contributed by atoms with Crippen molar-refractivity contribution in [1.29, 1.82) is 0 Å². The zero-order chi connectivity index (χ0) is 5.28. The maximum absolute atomic E-state index is 3.84. The second-order valence-electron chi connectivity index (χ2n) is 2.11. The molecule has 0 aromatic heterocycles. The number of rotatable bonds is 2. The van der Waals surface area contributed by atoms with Gasteiger partial charge in [-0.25, -0.2) is 0 Å². The number of allylic oxidation sites excluding steroid dienone is 1. The fourth-order valence-electron chi connectivity index (χ4n) is 0.758. The first-order valence-electron chi connectivity index (χ1n) is 2.85. The lowest BCUT2D eigenvalue weighted by molar-refractivity contribution is 1.36. The van der Waals surface area contributed by atoms with Gasteiger partial charge in [-0.2, -0.15) is 0 Å². The minimum atomic E-state index is 0.796. The normalized spacial score (nSPS) is 27.6. The Labute approximate surface area is 45.9 Å². The molecule has 0 aliphatic heterocycles. The van der Waals surface area contributed by atoms with E-state index >= 15 is 0 Å². The Kier molecular flexibility index (Phi) is 1.22. The van der Waals surface area contributed by atoms with Crippen LogP contribution in [0.25, 0.3) is 0 Å². The summed E-state index contributed by atoms with van der Waals surface area (Å²) in [6, 6.07) is 0. The Hall–Kier alpha value is -0.195. The molecule has 0 saturated heterocycles. The summed E-state index contributed by atoms with van der Waals surface area (Å²) in [6.45, 7) is 6.01. The van der Waals surface area contributed by atoms with Crippen molar-refractivity contribution in [3.8, 4) is 0 Å². The summed E-state index contributed by atoms with van der Waals surface area (Å²) in [4.78, 5) is 0. The van der Waals surface area contributed by atoms with Crippen molar-refractivity contribution < 1.29 is 0 Å². The zero-order valence-electron chi connectivity index (χ0n) is 4.78. The molecule has 0 amide bonds. The first kappa shape index (κ1) is 4.95. The van der Waals surface area contributed by atoms with Crippen LogP contribution >= 0.6 is 0 Å². The highest BCUT2D eigenvalue weighted by Gasteiger charge is 2.25. The Balaban J connectivity index is 2.09. The molecule has 0 heterocycles. The van der Waals surface area contributed by atoms with Crippen molar-refractivity contribution in [2.45, 2.75) is 25.5 Å². The third-order valence-electron chi connectivity index (χ3n) is 1.37. The van der Waals surface area contributed by atoms with E-state index in [1.54, 1.807) is 0 Å². The van der Waals surface area contributed by atoms with E-state index in [-0.39, 0.29) is 0 Å². The molecule has 0 nitrogen and oxygen atoms in total. The molecule has 1 unspecified atom stereocenters. The highest BCUT2D eigenvalue weighted by molar-refractivity contribution is 6.40. The first-order valence-corrected chi connectivity index (χ1v) is 2.85. The Morgan fingerprint density at radius 3 is 2.71 bits per heavy atom. The van der Waals surface area contributed by atoms with Crippen molar-refractivity contribution in [1.82, 2.24) is 0 Å². The topological polar surface area (TPSA) is 0 Å². The molecule has 1 fully saturated rings. The van der Waals surface area contributed by atoms with Crippen molar-refractivity contribution in [3.05, 3.63) is 12.2 Å². The largest absolute Gasteiger partial charge is 0.119 e. The number of hydrogen-bond donors (Lipinski definition) is 0. The van der Waals surface area contributed by atoms with Crippen LogP contribution in [0.3, 0.4) is 0 Å². The number of hydrogen-bond acceptors (Lipinski definition) is 0. The molecular weight excluding hydrogens is 82.9 g/mol. The van der Waals surface area contributed by atoms with Gasteiger partial charge in [0.15, 0.2) is 0 Å². The third-order valence-corrected chi connectivity index (χ3v) is 1.37. The first-order chi connectivity index (χ1) is 3.34. The van der Waals surface area contributed by atoms with Gasteiger partial charge < -0.3 is 0 Å². The van der Waals surface area contributed by atoms with Gasteiger partial charge in [0.25, 0.3) is 0 Å². The highest BCUT2D eigenvalue weighted by atomic mass is 14.2. The molecule has 0 N–H and O–H groups in total. The maximum atomic E-state index is 3.84. The SMILES string of the molecule is C=C1CC1[B]CC. The van der Waals surface area contributed by atoms with Crippen molar-refractivity contribution in [2.75, 3.05) is 0 Å². The predicted octanol–water partition coefficient (Wildman–Crippen LogP) is 1.88. The van der Waals surface area contributed by atoms with Crippen LogP contribution in [-0.2, 0) is 0 Å². The fourth-order valence-corrected chi connectivity index (χ4v) is 0.758. The van der Waals surface area contributed by atoms with Gasteiger partial charge in [0.2, 0.25) is 0 Å². The van der Waals surface area contributed by atoms with Gasteiger partial charge in [-0.3, -0.25) is 0 Å². The Morgan fingerprint density at radius 2 is 2.57 bits per heavy atom. The van der Waals surface area contributed by atoms with Crippen LogP contribution in [0.1, 0.15) is 13.3 Å². The minimum Gasteiger partial charge on any atom is -0.100 e. The van der Waals surface area contributed by atoms with Gasteiger partial charge >= 0.3 is 0 Å². The molecule has 1 saturated carbocycles. The average molecular weight is 93.0 g/mol. The van der Waals surface area contributed by atoms with E-state index in [2.05, 4.69) is 20.8 Å². The molecule has 0 aromatic carbocycles. The van der Waals surface area contributed by atoms with E-state index in [1.807, 2.05) is 0 Å². The molecule has 1 aliphatic rings. The predicted molar refractivity (Wildman–Crippen MR) is 33.7 cm³/mol. The van der Waals surface area contributed by atoms with E-state index in [0.717, 1.165) is 5.82 Å². The lowest BCUT2D eigenvalue weighted by Gasteiger charge is -1.80. The van der Waals surface area contributed by atoms with Gasteiger partial charge in [0.05, 0.1) is 0 Å². The van der Waals surface area contributed by atoms with E-state index in [4.69, 9.17) is 0 Å². The fraction of sp³-hybridized carbons (Fsp3) is 0.667. The molecule has 1 rings (SSSR count). The maximum Gasteiger partial charge on any atom is 0.119 e. The van der Waals surface area contributed by atoms with Crippen LogP contribution < -0.4 is 0 Å². The summed E-state index contributed by atoms with van der Waals surface area (Å²) in [7, 11) is 2.32. The second kappa shape index (κ2) is 1.73. The molecule has 7 heavy (non-hydrogen) atoms. The van der Waals surface area contributed by atoms with E-state index < -0.39 is 0 Å². The molecule has 1 atom stereocenters. The summed E-state index contributed by atoms with van der Waals surface area (Å²) in [5.74, 6) is 0.796. The van der Waals surface area contributed by atoms with Crippen LogP contribution in [0.4, 0.5) is 0 Å². The third kappa shape index (κ3) is 1.08. The van der Waals surface area contributed by atoms with E-state index in [0.29, 0.717) is 0 Å².